The number of aryl methyl sites for hydroxylation is 3. The van der Waals surface area contributed by atoms with Gasteiger partial charge in [0.2, 0.25) is 0 Å². The van der Waals surface area contributed by atoms with Crippen LogP contribution in [0.25, 0.3) is 0 Å². The van der Waals surface area contributed by atoms with Crippen LogP contribution in [0.1, 0.15) is 35.2 Å². The monoisotopic (exact) mass is 406 g/mol. The Bertz CT molecular complexity index is 966. The normalized spacial score (nSPS) is 14.1. The van der Waals surface area contributed by atoms with Crippen molar-refractivity contribution in [2.45, 2.75) is 33.6 Å². The van der Waals surface area contributed by atoms with E-state index in [4.69, 9.17) is 0 Å². The molecule has 0 spiro atoms. The van der Waals surface area contributed by atoms with Crippen molar-refractivity contribution in [2.24, 2.45) is 5.92 Å². The fourth-order valence-electron chi connectivity index (χ4n) is 3.85. The van der Waals surface area contributed by atoms with E-state index in [0.29, 0.717) is 23.7 Å². The highest BCUT2D eigenvalue weighted by Gasteiger charge is 2.24. The van der Waals surface area contributed by atoms with E-state index >= 15 is 0 Å². The van der Waals surface area contributed by atoms with Crippen LogP contribution in [-0.4, -0.2) is 41.4 Å². The predicted octanol–water partition coefficient (Wildman–Crippen LogP) is 2.24. The maximum absolute atomic E-state index is 12.3. The number of nitrogens with zero attached hydrogens (tertiary/aromatic N) is 4. The van der Waals surface area contributed by atoms with Gasteiger partial charge in [-0.2, -0.15) is 5.26 Å². The first-order valence-corrected chi connectivity index (χ1v) is 10.0. The first-order chi connectivity index (χ1) is 14.4. The summed E-state index contributed by atoms with van der Waals surface area (Å²) in [5.41, 5.74) is 3.99. The van der Waals surface area contributed by atoms with Crippen molar-refractivity contribution in [1.82, 2.24) is 15.3 Å². The minimum absolute atomic E-state index is 0.267. The fourth-order valence-corrected chi connectivity index (χ4v) is 3.85. The third-order valence-corrected chi connectivity index (χ3v) is 5.37. The summed E-state index contributed by atoms with van der Waals surface area (Å²) in [6, 6.07) is 6.02. The van der Waals surface area contributed by atoms with Crippen LogP contribution in [-0.2, 0) is 9.59 Å². The second-order valence-corrected chi connectivity index (χ2v) is 7.71. The lowest BCUT2D eigenvalue weighted by atomic mass is 9.96. The maximum atomic E-state index is 12.3. The molecule has 1 aromatic heterocycles. The second kappa shape index (κ2) is 9.35. The van der Waals surface area contributed by atoms with Gasteiger partial charge in [-0.15, -0.1) is 0 Å². The number of benzene rings is 1. The topological polar surface area (TPSA) is 111 Å². The van der Waals surface area contributed by atoms with Crippen molar-refractivity contribution in [1.29, 1.82) is 5.26 Å². The molecule has 1 aliphatic heterocycles. The number of rotatable bonds is 4. The molecule has 30 heavy (non-hydrogen) atoms. The number of hydrogen-bond acceptors (Lipinski definition) is 6. The summed E-state index contributed by atoms with van der Waals surface area (Å²) in [5.74, 6) is -0.410. The number of piperidine rings is 1. The zero-order chi connectivity index (χ0) is 21.7. The molecule has 1 saturated heterocycles. The van der Waals surface area contributed by atoms with Crippen LogP contribution in [0.2, 0.25) is 0 Å². The van der Waals surface area contributed by atoms with Crippen LogP contribution in [0.3, 0.4) is 0 Å². The smallest absolute Gasteiger partial charge is 0.313 e. The Labute approximate surface area is 176 Å². The lowest BCUT2D eigenvalue weighted by Gasteiger charge is -2.32. The summed E-state index contributed by atoms with van der Waals surface area (Å²) in [6.45, 7) is 7.71. The summed E-state index contributed by atoms with van der Waals surface area (Å²) < 4.78 is 0. The van der Waals surface area contributed by atoms with Gasteiger partial charge in [0.05, 0.1) is 0 Å². The number of nitriles is 1. The highest BCUT2D eigenvalue weighted by Crippen LogP contribution is 2.23. The summed E-state index contributed by atoms with van der Waals surface area (Å²) in [7, 11) is 0. The quantitative estimate of drug-likeness (QED) is 0.754. The molecule has 3 rings (SSSR count). The minimum atomic E-state index is -0.652. The Morgan fingerprint density at radius 1 is 1.10 bits per heavy atom. The molecule has 1 fully saturated rings. The molecule has 0 bridgehead atoms. The number of anilines is 2. The number of carbonyl (C=O) groups excluding carboxylic acids is 2. The molecule has 1 aliphatic rings. The average Bonchev–Trinajstić information content (AvgIpc) is 2.74. The van der Waals surface area contributed by atoms with E-state index in [-0.39, 0.29) is 5.92 Å². The van der Waals surface area contributed by atoms with E-state index in [1.54, 1.807) is 6.20 Å². The first-order valence-electron chi connectivity index (χ1n) is 10.0. The standard InChI is InChI=1S/C22H26N6O2/c1-14-10-15(2)19(16(3)11-14)27-22(30)21(29)26-13-17-4-8-28(9-5-17)20-18(12-23)24-6-7-25-20/h6-7,10-11,17H,4-5,8-9,13H2,1-3H3,(H,26,29)(H,27,30). The molecule has 0 aliphatic carbocycles. The maximum Gasteiger partial charge on any atom is 0.313 e. The zero-order valence-electron chi connectivity index (χ0n) is 17.5. The number of amides is 2. The summed E-state index contributed by atoms with van der Waals surface area (Å²) in [6.07, 6.45) is 4.76. The zero-order valence-corrected chi connectivity index (χ0v) is 17.5. The van der Waals surface area contributed by atoms with Crippen molar-refractivity contribution in [2.75, 3.05) is 29.9 Å². The Balaban J connectivity index is 1.49. The number of nitrogens with one attached hydrogen (secondary N) is 2. The molecule has 0 saturated carbocycles. The highest BCUT2D eigenvalue weighted by atomic mass is 16.2. The van der Waals surface area contributed by atoms with Gasteiger partial charge in [-0.3, -0.25) is 9.59 Å². The number of aromatic nitrogens is 2. The Hall–Kier alpha value is -3.47. The molecule has 2 amide bonds. The fraction of sp³-hybridized carbons (Fsp3) is 0.409. The van der Waals surface area contributed by atoms with E-state index in [9.17, 15) is 14.9 Å². The molecule has 0 atom stereocenters. The van der Waals surface area contributed by atoms with Crippen LogP contribution >= 0.6 is 0 Å². The van der Waals surface area contributed by atoms with Crippen molar-refractivity contribution < 1.29 is 9.59 Å². The molecule has 1 aromatic carbocycles. The van der Waals surface area contributed by atoms with Gasteiger partial charge in [0.1, 0.15) is 6.07 Å². The van der Waals surface area contributed by atoms with Crippen LogP contribution in [0.5, 0.6) is 0 Å². The average molecular weight is 406 g/mol. The molecular weight excluding hydrogens is 380 g/mol. The lowest BCUT2D eigenvalue weighted by molar-refractivity contribution is -0.136. The van der Waals surface area contributed by atoms with Gasteiger partial charge in [0.25, 0.3) is 0 Å². The molecule has 0 radical (unpaired) electrons. The molecule has 156 valence electrons. The summed E-state index contributed by atoms with van der Waals surface area (Å²) in [4.78, 5) is 34.9. The molecule has 8 nitrogen and oxygen atoms in total. The van der Waals surface area contributed by atoms with Gasteiger partial charge >= 0.3 is 11.8 Å². The summed E-state index contributed by atoms with van der Waals surface area (Å²) in [5, 5.41) is 14.7. The molecule has 2 N–H and O–H groups in total. The van der Waals surface area contributed by atoms with Gasteiger partial charge in [0, 0.05) is 37.7 Å². The second-order valence-electron chi connectivity index (χ2n) is 7.71. The third kappa shape index (κ3) is 4.92. The highest BCUT2D eigenvalue weighted by molar-refractivity contribution is 6.39. The van der Waals surface area contributed by atoms with E-state index in [1.807, 2.05) is 37.8 Å². The molecule has 2 heterocycles. The lowest BCUT2D eigenvalue weighted by Crippen LogP contribution is -2.42. The predicted molar refractivity (Wildman–Crippen MR) is 114 cm³/mol. The Morgan fingerprint density at radius 2 is 1.73 bits per heavy atom. The van der Waals surface area contributed by atoms with Gasteiger partial charge in [-0.05, 0) is 50.7 Å². The van der Waals surface area contributed by atoms with Crippen molar-refractivity contribution in [3.63, 3.8) is 0 Å². The SMILES string of the molecule is Cc1cc(C)c(NC(=O)C(=O)NCC2CCN(c3nccnc3C#N)CC2)c(C)c1. The van der Waals surface area contributed by atoms with Gasteiger partial charge in [-0.25, -0.2) is 9.97 Å². The first kappa shape index (κ1) is 21.2. The van der Waals surface area contributed by atoms with Gasteiger partial charge in [0.15, 0.2) is 11.5 Å². The van der Waals surface area contributed by atoms with Crippen LogP contribution in [0.15, 0.2) is 24.5 Å². The van der Waals surface area contributed by atoms with E-state index < -0.39 is 11.8 Å². The van der Waals surface area contributed by atoms with E-state index in [2.05, 4.69) is 26.7 Å². The molecule has 8 heteroatoms. The van der Waals surface area contributed by atoms with Crippen LogP contribution in [0, 0.1) is 38.0 Å². The Kier molecular flexibility index (Phi) is 6.62. The van der Waals surface area contributed by atoms with Crippen LogP contribution in [0.4, 0.5) is 11.5 Å². The van der Waals surface area contributed by atoms with Crippen molar-refractivity contribution in [3.05, 3.63) is 46.9 Å². The van der Waals surface area contributed by atoms with Crippen molar-refractivity contribution in [3.8, 4) is 6.07 Å². The number of hydrogen-bond donors (Lipinski definition) is 2. The van der Waals surface area contributed by atoms with Gasteiger partial charge in [-0.1, -0.05) is 17.7 Å². The van der Waals surface area contributed by atoms with E-state index in [1.165, 1.54) is 6.20 Å². The number of carbonyl (C=O) groups is 2. The van der Waals surface area contributed by atoms with Crippen molar-refractivity contribution >= 4 is 23.3 Å². The summed E-state index contributed by atoms with van der Waals surface area (Å²) >= 11 is 0. The molecular formula is C22H26N6O2. The van der Waals surface area contributed by atoms with E-state index in [0.717, 1.165) is 42.6 Å². The molecule has 2 aromatic rings. The van der Waals surface area contributed by atoms with Crippen LogP contribution < -0.4 is 15.5 Å². The largest absolute Gasteiger partial charge is 0.354 e. The van der Waals surface area contributed by atoms with Gasteiger partial charge < -0.3 is 15.5 Å². The Morgan fingerprint density at radius 3 is 2.37 bits per heavy atom. The molecule has 0 unspecified atom stereocenters. The third-order valence-electron chi connectivity index (χ3n) is 5.37. The minimum Gasteiger partial charge on any atom is -0.354 e.